The van der Waals surface area contributed by atoms with E-state index in [1.54, 1.807) is 0 Å². The molecule has 0 aliphatic carbocycles. The van der Waals surface area contributed by atoms with E-state index in [0.29, 0.717) is 11.3 Å². The lowest BCUT2D eigenvalue weighted by molar-refractivity contribution is 0.0439. The third-order valence-corrected chi connectivity index (χ3v) is 3.09. The first-order valence-electron chi connectivity index (χ1n) is 6.13. The van der Waals surface area contributed by atoms with Gasteiger partial charge in [-0.15, -0.1) is 0 Å². The van der Waals surface area contributed by atoms with Crippen molar-refractivity contribution >= 4 is 17.4 Å². The van der Waals surface area contributed by atoms with Gasteiger partial charge in [-0.1, -0.05) is 18.5 Å². The average molecular weight is 256 g/mol. The maximum atomic E-state index is 5.88. The van der Waals surface area contributed by atoms with Gasteiger partial charge >= 0.3 is 0 Å². The van der Waals surface area contributed by atoms with Crippen molar-refractivity contribution < 1.29 is 4.74 Å². The van der Waals surface area contributed by atoms with Crippen molar-refractivity contribution in [2.75, 3.05) is 24.6 Å². The molecule has 1 atom stereocenters. The minimum Gasteiger partial charge on any atom is -0.376 e. The second-order valence-electron chi connectivity index (χ2n) is 4.28. The van der Waals surface area contributed by atoms with Gasteiger partial charge in [-0.25, -0.2) is 9.97 Å². The van der Waals surface area contributed by atoms with E-state index in [-0.39, 0.29) is 0 Å². The normalized spacial score (nSPS) is 20.6. The highest BCUT2D eigenvalue weighted by Crippen LogP contribution is 2.20. The Morgan fingerprint density at radius 3 is 3.18 bits per heavy atom. The molecule has 1 fully saturated rings. The van der Waals surface area contributed by atoms with Gasteiger partial charge < -0.3 is 9.64 Å². The standard InChI is InChI=1S/C12H18ClN3O/c1-2-6-17-10-4-3-5-16(8-10)12-7-11(13)14-9-15-12/h7,9-10H,2-6,8H2,1H3. The summed E-state index contributed by atoms with van der Waals surface area (Å²) in [6, 6.07) is 1.81. The summed E-state index contributed by atoms with van der Waals surface area (Å²) < 4.78 is 5.80. The van der Waals surface area contributed by atoms with Crippen molar-refractivity contribution in [1.29, 1.82) is 0 Å². The van der Waals surface area contributed by atoms with Gasteiger partial charge in [0.15, 0.2) is 0 Å². The fraction of sp³-hybridized carbons (Fsp3) is 0.667. The van der Waals surface area contributed by atoms with Crippen LogP contribution in [0.5, 0.6) is 0 Å². The van der Waals surface area contributed by atoms with Crippen LogP contribution in [0.3, 0.4) is 0 Å². The minimum atomic E-state index is 0.317. The lowest BCUT2D eigenvalue weighted by Gasteiger charge is -2.33. The van der Waals surface area contributed by atoms with E-state index >= 15 is 0 Å². The van der Waals surface area contributed by atoms with Crippen LogP contribution in [0.1, 0.15) is 26.2 Å². The predicted octanol–water partition coefficient (Wildman–Crippen LogP) is 2.53. The molecular formula is C12H18ClN3O. The SMILES string of the molecule is CCCOC1CCCN(c2cc(Cl)ncn2)C1. The summed E-state index contributed by atoms with van der Waals surface area (Å²) in [5.74, 6) is 0.898. The Labute approximate surface area is 107 Å². The zero-order valence-electron chi connectivity index (χ0n) is 10.1. The van der Waals surface area contributed by atoms with Crippen LogP contribution in [-0.4, -0.2) is 35.8 Å². The Kier molecular flexibility index (Phi) is 4.57. The highest BCUT2D eigenvalue weighted by Gasteiger charge is 2.21. The summed E-state index contributed by atoms with van der Waals surface area (Å²) in [6.45, 7) is 4.88. The van der Waals surface area contributed by atoms with Crippen LogP contribution in [0.25, 0.3) is 0 Å². The predicted molar refractivity (Wildman–Crippen MR) is 68.5 cm³/mol. The van der Waals surface area contributed by atoms with Crippen molar-refractivity contribution in [2.45, 2.75) is 32.3 Å². The average Bonchev–Trinajstić information content (AvgIpc) is 2.37. The Morgan fingerprint density at radius 2 is 2.41 bits per heavy atom. The summed E-state index contributed by atoms with van der Waals surface area (Å²) in [7, 11) is 0. The lowest BCUT2D eigenvalue weighted by atomic mass is 10.1. The summed E-state index contributed by atoms with van der Waals surface area (Å²) >= 11 is 5.88. The number of nitrogens with zero attached hydrogens (tertiary/aromatic N) is 3. The van der Waals surface area contributed by atoms with Crippen molar-refractivity contribution in [3.05, 3.63) is 17.5 Å². The van der Waals surface area contributed by atoms with Gasteiger partial charge in [-0.3, -0.25) is 0 Å². The Balaban J connectivity index is 1.97. The molecule has 0 aromatic carbocycles. The second-order valence-corrected chi connectivity index (χ2v) is 4.67. The van der Waals surface area contributed by atoms with E-state index in [0.717, 1.165) is 44.8 Å². The van der Waals surface area contributed by atoms with Crippen molar-refractivity contribution in [1.82, 2.24) is 9.97 Å². The molecule has 4 nitrogen and oxygen atoms in total. The summed E-state index contributed by atoms with van der Waals surface area (Å²) in [4.78, 5) is 10.4. The van der Waals surface area contributed by atoms with Crippen LogP contribution in [0, 0.1) is 0 Å². The zero-order valence-corrected chi connectivity index (χ0v) is 10.9. The van der Waals surface area contributed by atoms with Crippen molar-refractivity contribution in [3.8, 4) is 0 Å². The molecule has 5 heteroatoms. The summed E-state index contributed by atoms with van der Waals surface area (Å²) in [5.41, 5.74) is 0. The molecule has 0 radical (unpaired) electrons. The highest BCUT2D eigenvalue weighted by molar-refractivity contribution is 6.29. The van der Waals surface area contributed by atoms with Crippen molar-refractivity contribution in [2.24, 2.45) is 0 Å². The zero-order chi connectivity index (χ0) is 12.1. The van der Waals surface area contributed by atoms with E-state index in [4.69, 9.17) is 16.3 Å². The number of hydrogen-bond donors (Lipinski definition) is 0. The number of halogens is 1. The first-order valence-corrected chi connectivity index (χ1v) is 6.51. The summed E-state index contributed by atoms with van der Waals surface area (Å²) in [6.07, 6.45) is 5.16. The van der Waals surface area contributed by atoms with Crippen LogP contribution in [0.15, 0.2) is 12.4 Å². The molecular weight excluding hydrogens is 238 g/mol. The van der Waals surface area contributed by atoms with Crippen LogP contribution < -0.4 is 4.90 Å². The molecule has 17 heavy (non-hydrogen) atoms. The quantitative estimate of drug-likeness (QED) is 0.775. The Bertz CT molecular complexity index is 361. The molecule has 0 amide bonds. The van der Waals surface area contributed by atoms with Crippen LogP contribution in [0.4, 0.5) is 5.82 Å². The van der Waals surface area contributed by atoms with Gasteiger partial charge in [0.05, 0.1) is 6.10 Å². The monoisotopic (exact) mass is 255 g/mol. The third-order valence-electron chi connectivity index (χ3n) is 2.88. The number of anilines is 1. The lowest BCUT2D eigenvalue weighted by Crippen LogP contribution is -2.40. The molecule has 0 saturated carbocycles. The number of hydrogen-bond acceptors (Lipinski definition) is 4. The molecule has 0 spiro atoms. The largest absolute Gasteiger partial charge is 0.376 e. The number of ether oxygens (including phenoxy) is 1. The second kappa shape index (κ2) is 6.17. The Morgan fingerprint density at radius 1 is 1.53 bits per heavy atom. The van der Waals surface area contributed by atoms with E-state index in [2.05, 4.69) is 21.8 Å². The summed E-state index contributed by atoms with van der Waals surface area (Å²) in [5, 5.41) is 0.492. The molecule has 94 valence electrons. The fourth-order valence-corrected chi connectivity index (χ4v) is 2.21. The van der Waals surface area contributed by atoms with E-state index in [9.17, 15) is 0 Å². The first-order chi connectivity index (χ1) is 8.29. The molecule has 1 aromatic rings. The smallest absolute Gasteiger partial charge is 0.134 e. The van der Waals surface area contributed by atoms with Gasteiger partial charge in [0, 0.05) is 25.8 Å². The van der Waals surface area contributed by atoms with E-state index in [1.807, 2.05) is 6.07 Å². The van der Waals surface area contributed by atoms with E-state index in [1.165, 1.54) is 6.33 Å². The third kappa shape index (κ3) is 3.54. The number of aromatic nitrogens is 2. The number of piperidine rings is 1. The molecule has 1 aliphatic heterocycles. The highest BCUT2D eigenvalue weighted by atomic mass is 35.5. The van der Waals surface area contributed by atoms with E-state index < -0.39 is 0 Å². The van der Waals surface area contributed by atoms with Gasteiger partial charge in [-0.2, -0.15) is 0 Å². The van der Waals surface area contributed by atoms with Gasteiger partial charge in [-0.05, 0) is 19.3 Å². The molecule has 1 unspecified atom stereocenters. The minimum absolute atomic E-state index is 0.317. The first kappa shape index (κ1) is 12.6. The number of rotatable bonds is 4. The molecule has 2 heterocycles. The molecule has 0 N–H and O–H groups in total. The van der Waals surface area contributed by atoms with Crippen LogP contribution in [0.2, 0.25) is 5.15 Å². The molecule has 1 saturated heterocycles. The fourth-order valence-electron chi connectivity index (χ4n) is 2.06. The van der Waals surface area contributed by atoms with Gasteiger partial charge in [0.2, 0.25) is 0 Å². The van der Waals surface area contributed by atoms with Crippen LogP contribution in [-0.2, 0) is 4.74 Å². The maximum Gasteiger partial charge on any atom is 0.134 e. The molecule has 0 bridgehead atoms. The molecule has 1 aromatic heterocycles. The Hall–Kier alpha value is -0.870. The van der Waals surface area contributed by atoms with Gasteiger partial charge in [0.25, 0.3) is 0 Å². The maximum absolute atomic E-state index is 5.88. The van der Waals surface area contributed by atoms with Crippen molar-refractivity contribution in [3.63, 3.8) is 0 Å². The molecule has 2 rings (SSSR count). The van der Waals surface area contributed by atoms with Gasteiger partial charge in [0.1, 0.15) is 17.3 Å². The molecule has 1 aliphatic rings. The van der Waals surface area contributed by atoms with Crippen LogP contribution >= 0.6 is 11.6 Å². The topological polar surface area (TPSA) is 38.2 Å².